The molecule has 104 valence electrons. The Hall–Kier alpha value is -2.16. The first-order valence-electron chi connectivity index (χ1n) is 7.03. The third-order valence-corrected chi connectivity index (χ3v) is 3.78. The van der Waals surface area contributed by atoms with E-state index in [1.807, 2.05) is 31.2 Å². The van der Waals surface area contributed by atoms with Crippen molar-refractivity contribution in [3.05, 3.63) is 47.0 Å². The van der Waals surface area contributed by atoms with Gasteiger partial charge in [0.05, 0.1) is 0 Å². The predicted octanol–water partition coefficient (Wildman–Crippen LogP) is 3.94. The van der Waals surface area contributed by atoms with Crippen molar-refractivity contribution >= 4 is 0 Å². The van der Waals surface area contributed by atoms with Crippen LogP contribution >= 0.6 is 0 Å². The van der Waals surface area contributed by atoms with E-state index in [1.165, 1.54) is 0 Å². The number of hydrogen-bond acceptors (Lipinski definition) is 3. The fraction of sp³-hybridized carbons (Fsp3) is 0.294. The SMILES string of the molecule is CCCc1c(O)cc2c(c1O)CCc1ccccc1O2. The maximum absolute atomic E-state index is 10.4. The first-order valence-corrected chi connectivity index (χ1v) is 7.03. The van der Waals surface area contributed by atoms with Crippen LogP contribution in [0.3, 0.4) is 0 Å². The van der Waals surface area contributed by atoms with Crippen LogP contribution in [0.5, 0.6) is 23.0 Å². The number of benzene rings is 2. The first-order chi connectivity index (χ1) is 9.70. The van der Waals surface area contributed by atoms with Crippen molar-refractivity contribution in [2.24, 2.45) is 0 Å². The van der Waals surface area contributed by atoms with E-state index in [-0.39, 0.29) is 11.5 Å². The lowest BCUT2D eigenvalue weighted by Gasteiger charge is -2.14. The third-order valence-electron chi connectivity index (χ3n) is 3.78. The van der Waals surface area contributed by atoms with Crippen LogP contribution in [0.4, 0.5) is 0 Å². The van der Waals surface area contributed by atoms with Crippen molar-refractivity contribution in [1.82, 2.24) is 0 Å². The van der Waals surface area contributed by atoms with E-state index in [2.05, 4.69) is 0 Å². The Balaban J connectivity index is 2.09. The summed E-state index contributed by atoms with van der Waals surface area (Å²) < 4.78 is 5.88. The van der Waals surface area contributed by atoms with Gasteiger partial charge in [0.25, 0.3) is 0 Å². The Morgan fingerprint density at radius 3 is 2.70 bits per heavy atom. The Morgan fingerprint density at radius 1 is 1.10 bits per heavy atom. The van der Waals surface area contributed by atoms with E-state index in [9.17, 15) is 10.2 Å². The van der Waals surface area contributed by atoms with E-state index in [0.717, 1.165) is 36.1 Å². The van der Waals surface area contributed by atoms with Crippen molar-refractivity contribution in [2.45, 2.75) is 32.6 Å². The average molecular weight is 270 g/mol. The van der Waals surface area contributed by atoms with E-state index in [0.29, 0.717) is 17.7 Å². The molecule has 0 atom stereocenters. The second kappa shape index (κ2) is 5.08. The highest BCUT2D eigenvalue weighted by molar-refractivity contribution is 5.58. The number of hydrogen-bond donors (Lipinski definition) is 2. The van der Waals surface area contributed by atoms with Crippen LogP contribution in [-0.2, 0) is 19.3 Å². The van der Waals surface area contributed by atoms with Crippen LogP contribution < -0.4 is 4.74 Å². The molecule has 1 aliphatic heterocycles. The summed E-state index contributed by atoms with van der Waals surface area (Å²) in [5.74, 6) is 1.66. The van der Waals surface area contributed by atoms with Crippen molar-refractivity contribution in [3.63, 3.8) is 0 Å². The van der Waals surface area contributed by atoms with Crippen molar-refractivity contribution in [3.8, 4) is 23.0 Å². The molecule has 1 aliphatic rings. The second-order valence-corrected chi connectivity index (χ2v) is 5.16. The second-order valence-electron chi connectivity index (χ2n) is 5.16. The number of aryl methyl sites for hydroxylation is 1. The summed E-state index contributed by atoms with van der Waals surface area (Å²) >= 11 is 0. The van der Waals surface area contributed by atoms with Gasteiger partial charge in [-0.15, -0.1) is 0 Å². The monoisotopic (exact) mass is 270 g/mol. The number of phenols is 2. The molecule has 0 fully saturated rings. The molecule has 2 N–H and O–H groups in total. The highest BCUT2D eigenvalue weighted by Crippen LogP contribution is 2.43. The lowest BCUT2D eigenvalue weighted by Crippen LogP contribution is -1.95. The van der Waals surface area contributed by atoms with Gasteiger partial charge in [0.2, 0.25) is 0 Å². The molecule has 3 rings (SSSR count). The molecule has 3 nitrogen and oxygen atoms in total. The van der Waals surface area contributed by atoms with Gasteiger partial charge in [-0.3, -0.25) is 0 Å². The molecule has 0 amide bonds. The molecule has 0 radical (unpaired) electrons. The predicted molar refractivity (Wildman–Crippen MR) is 77.7 cm³/mol. The van der Waals surface area contributed by atoms with Gasteiger partial charge in [0.15, 0.2) is 0 Å². The highest BCUT2D eigenvalue weighted by atomic mass is 16.5. The van der Waals surface area contributed by atoms with Gasteiger partial charge in [-0.1, -0.05) is 31.5 Å². The molecular weight excluding hydrogens is 252 g/mol. The molecule has 0 saturated heterocycles. The van der Waals surface area contributed by atoms with Gasteiger partial charge < -0.3 is 14.9 Å². The number of rotatable bonds is 2. The van der Waals surface area contributed by atoms with E-state index in [4.69, 9.17) is 4.74 Å². The van der Waals surface area contributed by atoms with E-state index >= 15 is 0 Å². The van der Waals surface area contributed by atoms with Crippen LogP contribution in [0.15, 0.2) is 30.3 Å². The Morgan fingerprint density at radius 2 is 1.90 bits per heavy atom. The molecule has 0 aliphatic carbocycles. The van der Waals surface area contributed by atoms with Crippen molar-refractivity contribution in [1.29, 1.82) is 0 Å². The molecule has 20 heavy (non-hydrogen) atoms. The molecule has 0 unspecified atom stereocenters. The number of ether oxygens (including phenoxy) is 1. The molecule has 2 aromatic rings. The van der Waals surface area contributed by atoms with Crippen LogP contribution in [0.25, 0.3) is 0 Å². The Labute approximate surface area is 118 Å². The number of phenolic OH excluding ortho intramolecular Hbond substituents is 2. The third kappa shape index (κ3) is 2.09. The van der Waals surface area contributed by atoms with Crippen LogP contribution in [0.2, 0.25) is 0 Å². The van der Waals surface area contributed by atoms with Gasteiger partial charge in [-0.25, -0.2) is 0 Å². The van der Waals surface area contributed by atoms with Crippen LogP contribution in [-0.4, -0.2) is 10.2 Å². The van der Waals surface area contributed by atoms with Gasteiger partial charge in [-0.2, -0.15) is 0 Å². The fourth-order valence-corrected chi connectivity index (χ4v) is 2.74. The molecule has 1 heterocycles. The normalized spacial score (nSPS) is 13.1. The Kier molecular flexibility index (Phi) is 3.26. The zero-order valence-corrected chi connectivity index (χ0v) is 11.5. The highest BCUT2D eigenvalue weighted by Gasteiger charge is 2.21. The summed E-state index contributed by atoms with van der Waals surface area (Å²) in [7, 11) is 0. The number of fused-ring (bicyclic) bond motifs is 2. The molecule has 0 aromatic heterocycles. The van der Waals surface area contributed by atoms with E-state index in [1.54, 1.807) is 6.07 Å². The van der Waals surface area contributed by atoms with Gasteiger partial charge in [0.1, 0.15) is 23.0 Å². The number of aromatic hydroxyl groups is 2. The fourth-order valence-electron chi connectivity index (χ4n) is 2.74. The molecule has 0 saturated carbocycles. The Bertz CT molecular complexity index is 647. The lowest BCUT2D eigenvalue weighted by atomic mass is 9.98. The van der Waals surface area contributed by atoms with Crippen molar-refractivity contribution in [2.75, 3.05) is 0 Å². The van der Waals surface area contributed by atoms with E-state index < -0.39 is 0 Å². The molecule has 2 aromatic carbocycles. The maximum Gasteiger partial charge on any atom is 0.138 e. The molecule has 0 spiro atoms. The number of para-hydroxylation sites is 1. The molecule has 0 bridgehead atoms. The summed E-state index contributed by atoms with van der Waals surface area (Å²) in [6.07, 6.45) is 3.08. The summed E-state index contributed by atoms with van der Waals surface area (Å²) in [5, 5.41) is 20.5. The van der Waals surface area contributed by atoms with Gasteiger partial charge >= 0.3 is 0 Å². The smallest absolute Gasteiger partial charge is 0.138 e. The summed E-state index contributed by atoms with van der Waals surface area (Å²) in [4.78, 5) is 0. The summed E-state index contributed by atoms with van der Waals surface area (Å²) in [5.41, 5.74) is 2.54. The minimum Gasteiger partial charge on any atom is -0.507 e. The minimum absolute atomic E-state index is 0.113. The minimum atomic E-state index is 0.113. The molecule has 3 heteroatoms. The largest absolute Gasteiger partial charge is 0.507 e. The topological polar surface area (TPSA) is 49.7 Å². The summed E-state index contributed by atoms with van der Waals surface area (Å²) in [6, 6.07) is 9.48. The zero-order valence-electron chi connectivity index (χ0n) is 11.5. The van der Waals surface area contributed by atoms with Crippen LogP contribution in [0, 0.1) is 0 Å². The van der Waals surface area contributed by atoms with Gasteiger partial charge in [0, 0.05) is 17.2 Å². The van der Waals surface area contributed by atoms with Gasteiger partial charge in [-0.05, 0) is 30.9 Å². The first kappa shape index (κ1) is 12.9. The average Bonchev–Trinajstić information content (AvgIpc) is 2.62. The zero-order chi connectivity index (χ0) is 14.1. The quantitative estimate of drug-likeness (QED) is 0.869. The standard InChI is InChI=1S/C17H18O3/c1-2-5-12-14(18)10-16-13(17(12)19)9-8-11-6-3-4-7-15(11)20-16/h3-4,6-7,10,18-19H,2,5,8-9H2,1H3. The summed E-state index contributed by atoms with van der Waals surface area (Å²) in [6.45, 7) is 2.02. The maximum atomic E-state index is 10.4. The van der Waals surface area contributed by atoms with Crippen LogP contribution in [0.1, 0.15) is 30.0 Å². The lowest BCUT2D eigenvalue weighted by molar-refractivity contribution is 0.417. The van der Waals surface area contributed by atoms with Crippen molar-refractivity contribution < 1.29 is 14.9 Å². The molecular formula is C17H18O3.